The molecule has 0 amide bonds. The van der Waals surface area contributed by atoms with Gasteiger partial charge in [0.2, 0.25) is 0 Å². The van der Waals surface area contributed by atoms with Gasteiger partial charge < -0.3 is 10.2 Å². The van der Waals surface area contributed by atoms with Crippen molar-refractivity contribution in [2.45, 2.75) is 109 Å². The molecular weight excluding hydrogens is 312 g/mol. The number of rotatable bonds is 16. The molecule has 3 unspecified atom stereocenters. The van der Waals surface area contributed by atoms with E-state index < -0.39 is 5.97 Å². The number of aliphatic hydroxyl groups excluding tert-OH is 1. The topological polar surface area (TPSA) is 57.5 Å². The molecule has 0 spiro atoms. The molecule has 0 bridgehead atoms. The van der Waals surface area contributed by atoms with Gasteiger partial charge in [-0.05, 0) is 31.6 Å². The summed E-state index contributed by atoms with van der Waals surface area (Å²) in [6, 6.07) is 0. The van der Waals surface area contributed by atoms with Crippen LogP contribution < -0.4 is 0 Å². The van der Waals surface area contributed by atoms with E-state index in [9.17, 15) is 9.90 Å². The number of carboxylic acid groups (broad SMARTS) is 1. The third-order valence-electron chi connectivity index (χ3n) is 5.60. The maximum absolute atomic E-state index is 10.5. The lowest BCUT2D eigenvalue weighted by Crippen LogP contribution is -2.23. The van der Waals surface area contributed by atoms with Crippen molar-refractivity contribution in [2.24, 2.45) is 11.8 Å². The molecule has 2 N–H and O–H groups in total. The molecule has 0 aromatic rings. The summed E-state index contributed by atoms with van der Waals surface area (Å²) in [5.74, 6) is 0.336. The number of hydrogen-bond acceptors (Lipinski definition) is 2. The number of carboxylic acids is 1. The number of aliphatic carboxylic acids is 1. The highest BCUT2D eigenvalue weighted by Gasteiger charge is 2.28. The van der Waals surface area contributed by atoms with E-state index in [1.165, 1.54) is 51.4 Å². The molecule has 0 saturated carbocycles. The first-order valence-electron chi connectivity index (χ1n) is 10.7. The van der Waals surface area contributed by atoms with Crippen molar-refractivity contribution < 1.29 is 15.0 Å². The molecule has 3 atom stereocenters. The molecule has 0 aromatic carbocycles. The normalized spacial score (nSPS) is 20.9. The molecule has 146 valence electrons. The van der Waals surface area contributed by atoms with E-state index in [0.29, 0.717) is 18.3 Å². The largest absolute Gasteiger partial charge is 0.481 e. The molecule has 0 aromatic heterocycles. The highest BCUT2D eigenvalue weighted by molar-refractivity contribution is 5.66. The summed E-state index contributed by atoms with van der Waals surface area (Å²) in [5, 5.41) is 19.1. The van der Waals surface area contributed by atoms with E-state index in [-0.39, 0.29) is 6.10 Å². The van der Waals surface area contributed by atoms with Crippen molar-refractivity contribution in [3.8, 4) is 0 Å². The van der Waals surface area contributed by atoms with Crippen LogP contribution in [0.4, 0.5) is 0 Å². The third-order valence-corrected chi connectivity index (χ3v) is 5.60. The zero-order valence-corrected chi connectivity index (χ0v) is 16.3. The van der Waals surface area contributed by atoms with Gasteiger partial charge in [-0.25, -0.2) is 0 Å². The molecule has 0 fully saturated rings. The van der Waals surface area contributed by atoms with Gasteiger partial charge in [0.15, 0.2) is 0 Å². The highest BCUT2D eigenvalue weighted by Crippen LogP contribution is 2.34. The summed E-state index contributed by atoms with van der Waals surface area (Å²) < 4.78 is 0. The van der Waals surface area contributed by atoms with Crippen molar-refractivity contribution >= 4 is 5.97 Å². The summed E-state index contributed by atoms with van der Waals surface area (Å²) in [4.78, 5) is 10.5. The van der Waals surface area contributed by atoms with Crippen LogP contribution in [-0.4, -0.2) is 22.3 Å². The lowest BCUT2D eigenvalue weighted by atomic mass is 9.84. The maximum atomic E-state index is 10.5. The van der Waals surface area contributed by atoms with Crippen molar-refractivity contribution in [3.63, 3.8) is 0 Å². The molecule has 1 aliphatic rings. The summed E-state index contributed by atoms with van der Waals surface area (Å²) >= 11 is 0. The Morgan fingerprint density at radius 2 is 1.64 bits per heavy atom. The molecule has 0 aliphatic heterocycles. The first kappa shape index (κ1) is 22.2. The predicted molar refractivity (Wildman–Crippen MR) is 105 cm³/mol. The first-order chi connectivity index (χ1) is 12.1. The second kappa shape index (κ2) is 14.4. The second-order valence-corrected chi connectivity index (χ2v) is 7.83. The lowest BCUT2D eigenvalue weighted by molar-refractivity contribution is -0.137. The van der Waals surface area contributed by atoms with Crippen LogP contribution >= 0.6 is 0 Å². The van der Waals surface area contributed by atoms with E-state index in [2.05, 4.69) is 19.1 Å². The predicted octanol–water partition coefficient (Wildman–Crippen LogP) is 6.11. The summed E-state index contributed by atoms with van der Waals surface area (Å²) in [6.07, 6.45) is 21.0. The molecule has 0 saturated heterocycles. The van der Waals surface area contributed by atoms with Crippen LogP contribution in [0.3, 0.4) is 0 Å². The minimum Gasteiger partial charge on any atom is -0.481 e. The van der Waals surface area contributed by atoms with Crippen LogP contribution in [0.15, 0.2) is 12.2 Å². The second-order valence-electron chi connectivity index (χ2n) is 7.83. The quantitative estimate of drug-likeness (QED) is 0.260. The zero-order valence-electron chi connectivity index (χ0n) is 16.3. The Morgan fingerprint density at radius 3 is 2.36 bits per heavy atom. The van der Waals surface area contributed by atoms with Gasteiger partial charge in [-0.2, -0.15) is 0 Å². The Bertz CT molecular complexity index is 364. The van der Waals surface area contributed by atoms with Crippen molar-refractivity contribution in [1.29, 1.82) is 0 Å². The van der Waals surface area contributed by atoms with Crippen LogP contribution in [-0.2, 0) is 4.79 Å². The summed E-state index contributed by atoms with van der Waals surface area (Å²) in [5.41, 5.74) is 0. The Balaban J connectivity index is 2.05. The first-order valence-corrected chi connectivity index (χ1v) is 10.7. The average Bonchev–Trinajstić information content (AvgIpc) is 3.05. The van der Waals surface area contributed by atoms with Crippen LogP contribution in [0.1, 0.15) is 103 Å². The molecule has 3 nitrogen and oxygen atoms in total. The fourth-order valence-electron chi connectivity index (χ4n) is 4.02. The average molecular weight is 353 g/mol. The standard InChI is InChI=1S/C22H40O3/c1-2-3-4-7-11-17-21(23)20-16-13-15-19(20)14-10-8-5-6-9-12-18-22(24)25/h13,16,19-21,23H,2-12,14-15,17-18H2,1H3,(H,24,25). The van der Waals surface area contributed by atoms with Gasteiger partial charge in [0.05, 0.1) is 6.10 Å². The van der Waals surface area contributed by atoms with Gasteiger partial charge in [-0.15, -0.1) is 0 Å². The Kier molecular flexibility index (Phi) is 12.8. The number of aliphatic hydroxyl groups is 1. The lowest BCUT2D eigenvalue weighted by Gasteiger charge is -2.24. The molecular formula is C22H40O3. The fraction of sp³-hybridized carbons (Fsp3) is 0.864. The minimum absolute atomic E-state index is 0.151. The molecule has 0 radical (unpaired) electrons. The van der Waals surface area contributed by atoms with Crippen molar-refractivity contribution in [1.82, 2.24) is 0 Å². The number of allylic oxidation sites excluding steroid dienone is 1. The van der Waals surface area contributed by atoms with Gasteiger partial charge in [-0.1, -0.05) is 83.3 Å². The van der Waals surface area contributed by atoms with E-state index in [0.717, 1.165) is 38.5 Å². The summed E-state index contributed by atoms with van der Waals surface area (Å²) in [6.45, 7) is 2.23. The Labute approximate surface area is 154 Å². The smallest absolute Gasteiger partial charge is 0.303 e. The Hall–Kier alpha value is -0.830. The van der Waals surface area contributed by atoms with Gasteiger partial charge in [0.1, 0.15) is 0 Å². The number of hydrogen-bond donors (Lipinski definition) is 2. The van der Waals surface area contributed by atoms with Gasteiger partial charge in [-0.3, -0.25) is 4.79 Å². The van der Waals surface area contributed by atoms with Gasteiger partial charge >= 0.3 is 5.97 Å². The molecule has 25 heavy (non-hydrogen) atoms. The highest BCUT2D eigenvalue weighted by atomic mass is 16.4. The van der Waals surface area contributed by atoms with E-state index in [1.807, 2.05) is 0 Å². The molecule has 1 aliphatic carbocycles. The fourth-order valence-corrected chi connectivity index (χ4v) is 4.02. The maximum Gasteiger partial charge on any atom is 0.303 e. The van der Waals surface area contributed by atoms with Gasteiger partial charge in [0, 0.05) is 12.3 Å². The Morgan fingerprint density at radius 1 is 1.00 bits per heavy atom. The number of carbonyl (C=O) groups is 1. The van der Waals surface area contributed by atoms with Crippen molar-refractivity contribution in [2.75, 3.05) is 0 Å². The van der Waals surface area contributed by atoms with Crippen LogP contribution in [0.5, 0.6) is 0 Å². The zero-order chi connectivity index (χ0) is 18.3. The molecule has 1 rings (SSSR count). The summed E-state index contributed by atoms with van der Waals surface area (Å²) in [7, 11) is 0. The van der Waals surface area contributed by atoms with E-state index in [4.69, 9.17) is 5.11 Å². The SMILES string of the molecule is CCCCCCCC(O)C1C=CCC1CCCCCCCCC(=O)O. The monoisotopic (exact) mass is 352 g/mol. The van der Waals surface area contributed by atoms with E-state index in [1.54, 1.807) is 0 Å². The molecule has 3 heteroatoms. The van der Waals surface area contributed by atoms with E-state index >= 15 is 0 Å². The third kappa shape index (κ3) is 10.7. The number of unbranched alkanes of at least 4 members (excludes halogenated alkanes) is 9. The molecule has 0 heterocycles. The van der Waals surface area contributed by atoms with Gasteiger partial charge in [0.25, 0.3) is 0 Å². The minimum atomic E-state index is -0.677. The van der Waals surface area contributed by atoms with Crippen LogP contribution in [0, 0.1) is 11.8 Å². The van der Waals surface area contributed by atoms with Crippen molar-refractivity contribution in [3.05, 3.63) is 12.2 Å². The van der Waals surface area contributed by atoms with Crippen LogP contribution in [0.25, 0.3) is 0 Å². The van der Waals surface area contributed by atoms with Crippen LogP contribution in [0.2, 0.25) is 0 Å².